The summed E-state index contributed by atoms with van der Waals surface area (Å²) in [6.07, 6.45) is -0.428. The molecule has 0 aliphatic carbocycles. The fourth-order valence-electron chi connectivity index (χ4n) is 4.36. The smallest absolute Gasteiger partial charge is 0.348 e. The van der Waals surface area contributed by atoms with Crippen molar-refractivity contribution in [2.24, 2.45) is 0 Å². The van der Waals surface area contributed by atoms with Crippen molar-refractivity contribution < 1.29 is 23.9 Å². The van der Waals surface area contributed by atoms with Crippen LogP contribution in [0.25, 0.3) is 10.9 Å². The summed E-state index contributed by atoms with van der Waals surface area (Å²) < 4.78 is 10.7. The number of hydrogen-bond donors (Lipinski definition) is 1. The van der Waals surface area contributed by atoms with Crippen molar-refractivity contribution in [3.8, 4) is 6.07 Å². The number of carbonyl (C=O) groups is 3. The van der Waals surface area contributed by atoms with E-state index < -0.39 is 23.9 Å². The second-order valence-corrected chi connectivity index (χ2v) is 9.70. The van der Waals surface area contributed by atoms with Gasteiger partial charge in [0.25, 0.3) is 5.91 Å². The number of thiophene rings is 1. The largest absolute Gasteiger partial charge is 0.462 e. The van der Waals surface area contributed by atoms with Gasteiger partial charge < -0.3 is 14.8 Å². The second kappa shape index (κ2) is 11.1. The molecule has 0 bridgehead atoms. The van der Waals surface area contributed by atoms with E-state index in [0.29, 0.717) is 28.6 Å². The molecule has 1 aromatic carbocycles. The van der Waals surface area contributed by atoms with E-state index in [1.54, 1.807) is 13.8 Å². The fraction of sp³-hybridized carbons (Fsp3) is 0.370. The van der Waals surface area contributed by atoms with E-state index in [9.17, 15) is 19.6 Å². The van der Waals surface area contributed by atoms with Gasteiger partial charge in [0.2, 0.25) is 0 Å². The average molecular weight is 521 g/mol. The van der Waals surface area contributed by atoms with Crippen LogP contribution in [-0.4, -0.2) is 53.5 Å². The normalized spacial score (nSPS) is 13.9. The van der Waals surface area contributed by atoms with E-state index >= 15 is 0 Å². The number of nitriles is 1. The molecule has 3 heterocycles. The third-order valence-corrected chi connectivity index (χ3v) is 7.57. The molecular formula is C27H28N4O5S. The molecule has 3 aromatic rings. The highest BCUT2D eigenvalue weighted by Gasteiger charge is 2.29. The number of esters is 2. The highest BCUT2D eigenvalue weighted by atomic mass is 32.1. The third-order valence-electron chi connectivity index (χ3n) is 6.39. The number of nitrogens with zero attached hydrogens (tertiary/aromatic N) is 3. The quantitative estimate of drug-likeness (QED) is 0.460. The lowest BCUT2D eigenvalue weighted by molar-refractivity contribution is -0.123. The molecule has 37 heavy (non-hydrogen) atoms. The maximum atomic E-state index is 13.5. The zero-order chi connectivity index (χ0) is 26.7. The number of likely N-dealkylation sites (N-methyl/N-ethyl adjacent to an activating group) is 1. The molecule has 192 valence electrons. The molecule has 4 rings (SSSR count). The molecule has 0 fully saturated rings. The van der Waals surface area contributed by atoms with E-state index in [4.69, 9.17) is 14.5 Å². The molecule has 2 aromatic heterocycles. The Morgan fingerprint density at radius 2 is 2.00 bits per heavy atom. The minimum absolute atomic E-state index is 0.175. The number of hydrogen-bond acceptors (Lipinski definition) is 9. The van der Waals surface area contributed by atoms with E-state index in [1.807, 2.05) is 30.3 Å². The highest BCUT2D eigenvalue weighted by molar-refractivity contribution is 7.18. The lowest BCUT2D eigenvalue weighted by atomic mass is 9.95. The van der Waals surface area contributed by atoms with Crippen LogP contribution in [0.4, 0.5) is 5.00 Å². The maximum absolute atomic E-state index is 13.5. The number of nitrogens with one attached hydrogen (secondary N) is 1. The lowest BCUT2D eigenvalue weighted by Crippen LogP contribution is -2.34. The Hall–Kier alpha value is -3.81. The monoisotopic (exact) mass is 520 g/mol. The van der Waals surface area contributed by atoms with Crippen LogP contribution >= 0.6 is 11.3 Å². The molecule has 0 saturated carbocycles. The molecule has 1 amide bonds. The van der Waals surface area contributed by atoms with Gasteiger partial charge in [-0.3, -0.25) is 14.7 Å². The number of benzene rings is 1. The van der Waals surface area contributed by atoms with Crippen LogP contribution in [0.3, 0.4) is 0 Å². The first-order valence-electron chi connectivity index (χ1n) is 12.1. The van der Waals surface area contributed by atoms with Crippen molar-refractivity contribution in [1.82, 2.24) is 9.88 Å². The summed E-state index contributed by atoms with van der Waals surface area (Å²) >= 11 is 0.960. The van der Waals surface area contributed by atoms with Crippen molar-refractivity contribution in [3.05, 3.63) is 57.1 Å². The molecule has 0 saturated heterocycles. The zero-order valence-electron chi connectivity index (χ0n) is 21.2. The Kier molecular flexibility index (Phi) is 7.86. The van der Waals surface area contributed by atoms with Crippen molar-refractivity contribution >= 4 is 45.1 Å². The van der Waals surface area contributed by atoms with Crippen LogP contribution in [0, 0.1) is 18.3 Å². The van der Waals surface area contributed by atoms with Crippen molar-refractivity contribution in [1.29, 1.82) is 5.26 Å². The van der Waals surface area contributed by atoms with Gasteiger partial charge >= 0.3 is 11.9 Å². The van der Waals surface area contributed by atoms with Crippen LogP contribution in [0.5, 0.6) is 0 Å². The highest BCUT2D eigenvalue weighted by Crippen LogP contribution is 2.33. The zero-order valence-corrected chi connectivity index (χ0v) is 22.0. The first kappa shape index (κ1) is 26.3. The average Bonchev–Trinajstić information content (AvgIpc) is 3.21. The predicted octanol–water partition coefficient (Wildman–Crippen LogP) is 4.22. The molecule has 0 radical (unpaired) electrons. The summed E-state index contributed by atoms with van der Waals surface area (Å²) in [6, 6.07) is 9.43. The summed E-state index contributed by atoms with van der Waals surface area (Å²) in [6.45, 7) is 9.32. The van der Waals surface area contributed by atoms with Crippen LogP contribution in [0.2, 0.25) is 0 Å². The van der Waals surface area contributed by atoms with E-state index in [1.165, 1.54) is 6.92 Å². The molecule has 10 heteroatoms. The standard InChI is InChI=1S/C27H28N4O5S/c1-5-31-12-11-21-19(14-31)22(17-9-7-8-10-20(17)29-21)26(33)36-16(4)24(32)30-25-18(13-28)15(3)23(37-25)27(34)35-6-2/h7-10,16H,5-6,11-12,14H2,1-4H3,(H,30,32). The molecule has 1 aliphatic heterocycles. The summed E-state index contributed by atoms with van der Waals surface area (Å²) in [5.41, 5.74) is 3.42. The Labute approximate surface area is 219 Å². The Morgan fingerprint density at radius 1 is 1.24 bits per heavy atom. The first-order chi connectivity index (χ1) is 17.8. The minimum atomic E-state index is -1.15. The number of fused-ring (bicyclic) bond motifs is 2. The molecule has 1 unspecified atom stereocenters. The van der Waals surface area contributed by atoms with Gasteiger partial charge in [-0.15, -0.1) is 11.3 Å². The van der Waals surface area contributed by atoms with Crippen molar-refractivity contribution in [2.45, 2.75) is 46.8 Å². The summed E-state index contributed by atoms with van der Waals surface area (Å²) in [7, 11) is 0. The van der Waals surface area contributed by atoms with Crippen molar-refractivity contribution in [3.63, 3.8) is 0 Å². The Bertz CT molecular complexity index is 1420. The second-order valence-electron chi connectivity index (χ2n) is 8.68. The van der Waals surface area contributed by atoms with E-state index in [2.05, 4.69) is 17.1 Å². The number of anilines is 1. The van der Waals surface area contributed by atoms with Crippen LogP contribution in [0.15, 0.2) is 24.3 Å². The van der Waals surface area contributed by atoms with Gasteiger partial charge in [0.05, 0.1) is 23.3 Å². The Balaban J connectivity index is 1.59. The molecule has 1 aliphatic rings. The molecule has 9 nitrogen and oxygen atoms in total. The van der Waals surface area contributed by atoms with E-state index in [0.717, 1.165) is 42.1 Å². The maximum Gasteiger partial charge on any atom is 0.348 e. The number of aromatic nitrogens is 1. The number of para-hydroxylation sites is 1. The van der Waals surface area contributed by atoms with Gasteiger partial charge in [0.1, 0.15) is 15.9 Å². The molecule has 1 atom stereocenters. The number of pyridine rings is 1. The van der Waals surface area contributed by atoms with Gasteiger partial charge in [0.15, 0.2) is 6.10 Å². The summed E-state index contributed by atoms with van der Waals surface area (Å²) in [4.78, 5) is 45.9. The molecular weight excluding hydrogens is 492 g/mol. The third kappa shape index (κ3) is 5.19. The minimum Gasteiger partial charge on any atom is -0.462 e. The number of ether oxygens (including phenoxy) is 2. The topological polar surface area (TPSA) is 122 Å². The summed E-state index contributed by atoms with van der Waals surface area (Å²) in [5, 5.41) is 13.1. The van der Waals surface area contributed by atoms with Crippen molar-refractivity contribution in [2.75, 3.05) is 25.0 Å². The number of amides is 1. The molecule has 1 N–H and O–H groups in total. The predicted molar refractivity (Wildman–Crippen MR) is 140 cm³/mol. The van der Waals surface area contributed by atoms with Crippen LogP contribution in [0.1, 0.15) is 63.2 Å². The van der Waals surface area contributed by atoms with Crippen LogP contribution < -0.4 is 5.32 Å². The number of carbonyl (C=O) groups excluding carboxylic acids is 3. The SMILES string of the molecule is CCOC(=O)c1sc(NC(=O)C(C)OC(=O)c2c3c(nc4ccccc24)CCN(CC)C3)c(C#N)c1C. The van der Waals surface area contributed by atoms with Gasteiger partial charge in [-0.05, 0) is 38.9 Å². The summed E-state index contributed by atoms with van der Waals surface area (Å²) in [5.74, 6) is -1.77. The van der Waals surface area contributed by atoms with Gasteiger partial charge in [-0.25, -0.2) is 9.59 Å². The van der Waals surface area contributed by atoms with Gasteiger partial charge in [-0.2, -0.15) is 5.26 Å². The number of rotatable bonds is 7. The Morgan fingerprint density at radius 3 is 2.70 bits per heavy atom. The molecule has 0 spiro atoms. The fourth-order valence-corrected chi connectivity index (χ4v) is 5.42. The van der Waals surface area contributed by atoms with Gasteiger partial charge in [0, 0.05) is 36.2 Å². The van der Waals surface area contributed by atoms with Crippen LogP contribution in [-0.2, 0) is 27.2 Å². The lowest BCUT2D eigenvalue weighted by Gasteiger charge is -2.29. The first-order valence-corrected chi connectivity index (χ1v) is 13.0. The van der Waals surface area contributed by atoms with Gasteiger partial charge in [-0.1, -0.05) is 25.1 Å². The van der Waals surface area contributed by atoms with E-state index in [-0.39, 0.29) is 22.0 Å².